The first-order valence-corrected chi connectivity index (χ1v) is 5.96. The van der Waals surface area contributed by atoms with Crippen molar-refractivity contribution in [3.8, 4) is 0 Å². The largest absolute Gasteiger partial charge is 0.376 e. The number of benzene rings is 1. The maximum Gasteiger partial charge on any atom is 0.308 e. The maximum absolute atomic E-state index is 13.8. The van der Waals surface area contributed by atoms with Crippen molar-refractivity contribution in [2.45, 2.75) is 25.5 Å². The lowest BCUT2D eigenvalue weighted by Crippen LogP contribution is -2.39. The van der Waals surface area contributed by atoms with Crippen LogP contribution >= 0.6 is 0 Å². The van der Waals surface area contributed by atoms with Gasteiger partial charge in [-0.1, -0.05) is 0 Å². The zero-order valence-electron chi connectivity index (χ0n) is 10.6. The van der Waals surface area contributed by atoms with Crippen molar-refractivity contribution in [2.24, 2.45) is 0 Å². The van der Waals surface area contributed by atoms with Crippen molar-refractivity contribution < 1.29 is 23.2 Å². The average Bonchev–Trinajstić information content (AvgIpc) is 2.77. The van der Waals surface area contributed by atoms with E-state index < -0.39 is 33.7 Å². The molecule has 1 fully saturated rings. The third kappa shape index (κ3) is 2.74. The van der Waals surface area contributed by atoms with Gasteiger partial charge in [0.05, 0.1) is 28.7 Å². The number of nitrogens with one attached hydrogen (secondary N) is 1. The van der Waals surface area contributed by atoms with E-state index in [0.29, 0.717) is 25.2 Å². The molecule has 1 saturated heterocycles. The first-order chi connectivity index (χ1) is 9.40. The minimum absolute atomic E-state index is 0.245. The summed E-state index contributed by atoms with van der Waals surface area (Å²) in [5.41, 5.74) is -1.75. The van der Waals surface area contributed by atoms with E-state index in [1.54, 1.807) is 6.92 Å². The van der Waals surface area contributed by atoms with E-state index in [0.717, 1.165) is 0 Å². The molecule has 2 rings (SSSR count). The molecular formula is C12H12F2N2O4. The number of ether oxygens (including phenoxy) is 1. The van der Waals surface area contributed by atoms with Gasteiger partial charge in [-0.25, -0.2) is 4.39 Å². The van der Waals surface area contributed by atoms with Crippen molar-refractivity contribution in [2.75, 3.05) is 6.61 Å². The molecular weight excluding hydrogens is 274 g/mol. The van der Waals surface area contributed by atoms with Crippen LogP contribution in [0.4, 0.5) is 14.5 Å². The Hall–Kier alpha value is -2.09. The molecule has 1 aliphatic heterocycles. The molecule has 1 heterocycles. The van der Waals surface area contributed by atoms with Crippen molar-refractivity contribution in [1.29, 1.82) is 0 Å². The van der Waals surface area contributed by atoms with E-state index in [1.165, 1.54) is 0 Å². The first-order valence-electron chi connectivity index (χ1n) is 5.96. The van der Waals surface area contributed by atoms with Crippen molar-refractivity contribution >= 4 is 11.6 Å². The number of nitro groups is 1. The van der Waals surface area contributed by atoms with Gasteiger partial charge in [0.15, 0.2) is 0 Å². The minimum Gasteiger partial charge on any atom is -0.376 e. The number of halogens is 2. The third-order valence-corrected chi connectivity index (χ3v) is 3.15. The lowest BCUT2D eigenvalue weighted by molar-refractivity contribution is -0.387. The minimum atomic E-state index is -1.35. The molecule has 1 amide bonds. The predicted octanol–water partition coefficient (Wildman–Crippen LogP) is 1.78. The molecule has 2 unspecified atom stereocenters. The SMILES string of the molecule is CC1OCCC1NC(=O)c1cc(F)cc([N+](=O)[O-])c1F. The fourth-order valence-electron chi connectivity index (χ4n) is 2.04. The zero-order valence-corrected chi connectivity index (χ0v) is 10.6. The second-order valence-electron chi connectivity index (χ2n) is 4.49. The normalized spacial score (nSPS) is 21.8. The molecule has 0 aromatic heterocycles. The number of carbonyl (C=O) groups excluding carboxylic acids is 1. The molecule has 0 spiro atoms. The van der Waals surface area contributed by atoms with Gasteiger partial charge in [0, 0.05) is 6.61 Å². The summed E-state index contributed by atoms with van der Waals surface area (Å²) in [5.74, 6) is -3.29. The lowest BCUT2D eigenvalue weighted by atomic mass is 10.1. The molecule has 0 saturated carbocycles. The van der Waals surface area contributed by atoms with Gasteiger partial charge in [0.1, 0.15) is 5.82 Å². The van der Waals surface area contributed by atoms with Gasteiger partial charge < -0.3 is 10.1 Å². The highest BCUT2D eigenvalue weighted by Crippen LogP contribution is 2.23. The summed E-state index contributed by atoms with van der Waals surface area (Å²) in [4.78, 5) is 21.4. The van der Waals surface area contributed by atoms with E-state index in [2.05, 4.69) is 5.32 Å². The molecule has 1 N–H and O–H groups in total. The van der Waals surface area contributed by atoms with Crippen LogP contribution in [0, 0.1) is 21.7 Å². The monoisotopic (exact) mass is 286 g/mol. The Kier molecular flexibility index (Phi) is 3.93. The number of hydrogen-bond donors (Lipinski definition) is 1. The van der Waals surface area contributed by atoms with Crippen LogP contribution in [-0.4, -0.2) is 29.6 Å². The summed E-state index contributed by atoms with van der Waals surface area (Å²) in [6.45, 7) is 2.19. The molecule has 108 valence electrons. The van der Waals surface area contributed by atoms with Crippen LogP contribution in [0.15, 0.2) is 12.1 Å². The quantitative estimate of drug-likeness (QED) is 0.678. The highest BCUT2D eigenvalue weighted by molar-refractivity contribution is 5.95. The molecule has 0 radical (unpaired) electrons. The van der Waals surface area contributed by atoms with Crippen molar-refractivity contribution in [3.05, 3.63) is 39.4 Å². The van der Waals surface area contributed by atoms with Crippen LogP contribution in [0.5, 0.6) is 0 Å². The van der Waals surface area contributed by atoms with Gasteiger partial charge in [-0.3, -0.25) is 14.9 Å². The average molecular weight is 286 g/mol. The van der Waals surface area contributed by atoms with Gasteiger partial charge in [-0.2, -0.15) is 4.39 Å². The Bertz CT molecular complexity index is 565. The second kappa shape index (κ2) is 5.49. The van der Waals surface area contributed by atoms with E-state index in [9.17, 15) is 23.7 Å². The van der Waals surface area contributed by atoms with Crippen LogP contribution in [0.1, 0.15) is 23.7 Å². The Morgan fingerprint density at radius 3 is 2.75 bits per heavy atom. The summed E-state index contributed by atoms with van der Waals surface area (Å²) >= 11 is 0. The molecule has 2 atom stereocenters. The fourth-order valence-corrected chi connectivity index (χ4v) is 2.04. The molecule has 6 nitrogen and oxygen atoms in total. The van der Waals surface area contributed by atoms with Gasteiger partial charge in [0.2, 0.25) is 5.82 Å². The highest BCUT2D eigenvalue weighted by atomic mass is 19.1. The molecule has 0 bridgehead atoms. The van der Waals surface area contributed by atoms with Gasteiger partial charge in [-0.05, 0) is 19.4 Å². The Labute approximate surface area is 112 Å². The third-order valence-electron chi connectivity index (χ3n) is 3.15. The topological polar surface area (TPSA) is 81.5 Å². The van der Waals surface area contributed by atoms with Crippen LogP contribution in [-0.2, 0) is 4.74 Å². The fraction of sp³-hybridized carbons (Fsp3) is 0.417. The summed E-state index contributed by atoms with van der Waals surface area (Å²) in [7, 11) is 0. The van der Waals surface area contributed by atoms with Crippen LogP contribution in [0.25, 0.3) is 0 Å². The molecule has 20 heavy (non-hydrogen) atoms. The maximum atomic E-state index is 13.8. The molecule has 1 aromatic rings. The predicted molar refractivity (Wildman–Crippen MR) is 64.3 cm³/mol. The number of carbonyl (C=O) groups is 1. The second-order valence-corrected chi connectivity index (χ2v) is 4.49. The van der Waals surface area contributed by atoms with Crippen LogP contribution in [0.2, 0.25) is 0 Å². The van der Waals surface area contributed by atoms with E-state index in [1.807, 2.05) is 0 Å². The van der Waals surface area contributed by atoms with Crippen LogP contribution in [0.3, 0.4) is 0 Å². The molecule has 1 aliphatic rings. The Morgan fingerprint density at radius 1 is 1.50 bits per heavy atom. The standard InChI is InChI=1S/C12H12F2N2O4/c1-6-9(2-3-20-6)15-12(17)8-4-7(13)5-10(11(8)14)16(18)19/h4-6,9H,2-3H2,1H3,(H,15,17). The molecule has 0 aliphatic carbocycles. The summed E-state index contributed by atoms with van der Waals surface area (Å²) < 4.78 is 32.3. The number of amides is 1. The van der Waals surface area contributed by atoms with Crippen molar-refractivity contribution in [1.82, 2.24) is 5.32 Å². The van der Waals surface area contributed by atoms with Gasteiger partial charge in [-0.15, -0.1) is 0 Å². The Morgan fingerprint density at radius 2 is 2.20 bits per heavy atom. The van der Waals surface area contributed by atoms with Crippen LogP contribution < -0.4 is 5.32 Å². The van der Waals surface area contributed by atoms with Crippen molar-refractivity contribution in [3.63, 3.8) is 0 Å². The Balaban J connectivity index is 2.27. The van der Waals surface area contributed by atoms with Gasteiger partial charge >= 0.3 is 5.69 Å². The summed E-state index contributed by atoms with van der Waals surface area (Å²) in [6, 6.07) is 0.746. The van der Waals surface area contributed by atoms with E-state index in [-0.39, 0.29) is 12.1 Å². The summed E-state index contributed by atoms with van der Waals surface area (Å²) in [6.07, 6.45) is 0.303. The number of nitrogens with zero attached hydrogens (tertiary/aromatic N) is 1. The number of nitro benzene ring substituents is 1. The van der Waals surface area contributed by atoms with E-state index in [4.69, 9.17) is 4.74 Å². The highest BCUT2D eigenvalue weighted by Gasteiger charge is 2.29. The molecule has 8 heteroatoms. The summed E-state index contributed by atoms with van der Waals surface area (Å²) in [5, 5.41) is 13.1. The van der Waals surface area contributed by atoms with Gasteiger partial charge in [0.25, 0.3) is 5.91 Å². The number of rotatable bonds is 3. The number of hydrogen-bond acceptors (Lipinski definition) is 4. The molecule has 1 aromatic carbocycles. The lowest BCUT2D eigenvalue weighted by Gasteiger charge is -2.16. The first kappa shape index (κ1) is 14.3. The van der Waals surface area contributed by atoms with E-state index >= 15 is 0 Å². The zero-order chi connectivity index (χ0) is 14.9. The smallest absolute Gasteiger partial charge is 0.308 e.